The van der Waals surface area contributed by atoms with Gasteiger partial charge < -0.3 is 10.2 Å². The van der Waals surface area contributed by atoms with Crippen molar-refractivity contribution in [2.24, 2.45) is 0 Å². The van der Waals surface area contributed by atoms with Crippen LogP contribution in [-0.4, -0.2) is 50.1 Å². The Balaban J connectivity index is 2.84. The van der Waals surface area contributed by atoms with Crippen molar-refractivity contribution in [3.63, 3.8) is 0 Å². The molecule has 0 atom stereocenters. The third kappa shape index (κ3) is 12.3. The van der Waals surface area contributed by atoms with Gasteiger partial charge in [-0.15, -0.1) is 0 Å². The largest absolute Gasteiger partial charge is 0.316 e. The van der Waals surface area contributed by atoms with E-state index >= 15 is 0 Å². The SMILES string of the molecule is CCSCCNCCCCN(C)C. The van der Waals surface area contributed by atoms with Gasteiger partial charge in [0.1, 0.15) is 0 Å². The van der Waals surface area contributed by atoms with Crippen molar-refractivity contribution in [1.29, 1.82) is 0 Å². The van der Waals surface area contributed by atoms with Crippen LogP contribution < -0.4 is 5.32 Å². The Bertz CT molecular complexity index is 96.9. The van der Waals surface area contributed by atoms with Crippen molar-refractivity contribution in [1.82, 2.24) is 10.2 Å². The van der Waals surface area contributed by atoms with Crippen LogP contribution in [0.25, 0.3) is 0 Å². The van der Waals surface area contributed by atoms with Crippen LogP contribution in [-0.2, 0) is 0 Å². The Labute approximate surface area is 87.5 Å². The van der Waals surface area contributed by atoms with Gasteiger partial charge in [-0.25, -0.2) is 0 Å². The molecule has 0 aromatic heterocycles. The van der Waals surface area contributed by atoms with Crippen LogP contribution in [0.5, 0.6) is 0 Å². The first-order valence-electron chi connectivity index (χ1n) is 5.20. The van der Waals surface area contributed by atoms with Crippen molar-refractivity contribution >= 4 is 11.8 Å². The highest BCUT2D eigenvalue weighted by Crippen LogP contribution is 1.95. The molecule has 0 spiro atoms. The summed E-state index contributed by atoms with van der Waals surface area (Å²) in [5.41, 5.74) is 0. The molecule has 1 N–H and O–H groups in total. The molecule has 0 fully saturated rings. The number of hydrogen-bond acceptors (Lipinski definition) is 3. The second kappa shape index (κ2) is 10.4. The van der Waals surface area contributed by atoms with E-state index in [-0.39, 0.29) is 0 Å². The van der Waals surface area contributed by atoms with E-state index in [9.17, 15) is 0 Å². The Kier molecular flexibility index (Phi) is 10.6. The molecule has 0 unspecified atom stereocenters. The quantitative estimate of drug-likeness (QED) is 0.575. The van der Waals surface area contributed by atoms with E-state index < -0.39 is 0 Å². The predicted octanol–water partition coefficient (Wildman–Crippen LogP) is 1.67. The van der Waals surface area contributed by atoms with Gasteiger partial charge >= 0.3 is 0 Å². The van der Waals surface area contributed by atoms with Crippen molar-refractivity contribution in [2.45, 2.75) is 19.8 Å². The summed E-state index contributed by atoms with van der Waals surface area (Å²) in [7, 11) is 4.26. The summed E-state index contributed by atoms with van der Waals surface area (Å²) in [6, 6.07) is 0. The van der Waals surface area contributed by atoms with E-state index in [1.165, 1.54) is 44.0 Å². The molecule has 80 valence electrons. The molecular weight excluding hydrogens is 180 g/mol. The molecule has 0 aliphatic rings. The van der Waals surface area contributed by atoms with Gasteiger partial charge in [-0.05, 0) is 45.8 Å². The van der Waals surface area contributed by atoms with Gasteiger partial charge in [-0.2, -0.15) is 11.8 Å². The van der Waals surface area contributed by atoms with E-state index in [4.69, 9.17) is 0 Å². The maximum atomic E-state index is 3.45. The van der Waals surface area contributed by atoms with Crippen molar-refractivity contribution in [3.8, 4) is 0 Å². The predicted molar refractivity (Wildman–Crippen MR) is 63.7 cm³/mol. The molecule has 0 radical (unpaired) electrons. The number of rotatable bonds is 9. The number of hydrogen-bond donors (Lipinski definition) is 1. The molecular formula is C10H24N2S. The highest BCUT2D eigenvalue weighted by molar-refractivity contribution is 7.99. The molecule has 0 rings (SSSR count). The zero-order chi connectivity index (χ0) is 9.94. The first-order chi connectivity index (χ1) is 6.27. The Hall–Kier alpha value is 0.270. The van der Waals surface area contributed by atoms with E-state index in [1.54, 1.807) is 0 Å². The van der Waals surface area contributed by atoms with Crippen LogP contribution in [0.15, 0.2) is 0 Å². The third-order valence-electron chi connectivity index (χ3n) is 1.84. The minimum Gasteiger partial charge on any atom is -0.316 e. The fraction of sp³-hybridized carbons (Fsp3) is 1.00. The number of thioether (sulfide) groups is 1. The van der Waals surface area contributed by atoms with E-state index in [2.05, 4.69) is 31.2 Å². The molecule has 0 bridgehead atoms. The molecule has 0 aromatic carbocycles. The standard InChI is InChI=1S/C10H24N2S/c1-4-13-10-8-11-7-5-6-9-12(2)3/h11H,4-10H2,1-3H3. The van der Waals surface area contributed by atoms with E-state index in [0.29, 0.717) is 0 Å². The summed E-state index contributed by atoms with van der Waals surface area (Å²) < 4.78 is 0. The van der Waals surface area contributed by atoms with Gasteiger partial charge in [0.05, 0.1) is 0 Å². The normalized spacial score (nSPS) is 11.1. The summed E-state index contributed by atoms with van der Waals surface area (Å²) in [6.45, 7) is 5.77. The van der Waals surface area contributed by atoms with Gasteiger partial charge in [0.25, 0.3) is 0 Å². The average molecular weight is 204 g/mol. The third-order valence-corrected chi connectivity index (χ3v) is 2.74. The Morgan fingerprint density at radius 3 is 2.54 bits per heavy atom. The lowest BCUT2D eigenvalue weighted by Crippen LogP contribution is -2.20. The van der Waals surface area contributed by atoms with Crippen molar-refractivity contribution < 1.29 is 0 Å². The maximum absolute atomic E-state index is 3.45. The number of nitrogens with zero attached hydrogens (tertiary/aromatic N) is 1. The molecule has 0 saturated heterocycles. The van der Waals surface area contributed by atoms with Crippen LogP contribution in [0.2, 0.25) is 0 Å². The molecule has 13 heavy (non-hydrogen) atoms. The topological polar surface area (TPSA) is 15.3 Å². The molecule has 0 amide bonds. The number of nitrogens with one attached hydrogen (secondary N) is 1. The zero-order valence-corrected chi connectivity index (χ0v) is 10.1. The van der Waals surface area contributed by atoms with Gasteiger partial charge in [0, 0.05) is 12.3 Å². The molecule has 2 nitrogen and oxygen atoms in total. The van der Waals surface area contributed by atoms with Gasteiger partial charge in [0.15, 0.2) is 0 Å². The van der Waals surface area contributed by atoms with Crippen LogP contribution in [0.4, 0.5) is 0 Å². The summed E-state index contributed by atoms with van der Waals surface area (Å²) >= 11 is 2.01. The van der Waals surface area contributed by atoms with Crippen LogP contribution >= 0.6 is 11.8 Å². The summed E-state index contributed by atoms with van der Waals surface area (Å²) in [6.07, 6.45) is 2.61. The molecule has 0 saturated carbocycles. The highest BCUT2D eigenvalue weighted by Gasteiger charge is 1.91. The monoisotopic (exact) mass is 204 g/mol. The summed E-state index contributed by atoms with van der Waals surface area (Å²) in [4.78, 5) is 2.24. The molecule has 0 aliphatic carbocycles. The average Bonchev–Trinajstić information content (AvgIpc) is 2.09. The lowest BCUT2D eigenvalue weighted by molar-refractivity contribution is 0.392. The van der Waals surface area contributed by atoms with Gasteiger partial charge in [-0.1, -0.05) is 6.92 Å². The zero-order valence-electron chi connectivity index (χ0n) is 9.31. The maximum Gasteiger partial charge on any atom is 0.00579 e. The second-order valence-electron chi connectivity index (χ2n) is 3.46. The van der Waals surface area contributed by atoms with Crippen molar-refractivity contribution in [3.05, 3.63) is 0 Å². The van der Waals surface area contributed by atoms with Crippen LogP contribution in [0, 0.1) is 0 Å². The van der Waals surface area contributed by atoms with Gasteiger partial charge in [-0.3, -0.25) is 0 Å². The minimum absolute atomic E-state index is 1.17. The molecule has 3 heteroatoms. The lowest BCUT2D eigenvalue weighted by Gasteiger charge is -2.09. The van der Waals surface area contributed by atoms with E-state index in [0.717, 1.165) is 0 Å². The van der Waals surface area contributed by atoms with Crippen LogP contribution in [0.3, 0.4) is 0 Å². The fourth-order valence-electron chi connectivity index (χ4n) is 1.09. The van der Waals surface area contributed by atoms with E-state index in [1.807, 2.05) is 11.8 Å². The summed E-state index contributed by atoms with van der Waals surface area (Å²) in [5.74, 6) is 2.49. The Morgan fingerprint density at radius 1 is 1.15 bits per heavy atom. The smallest absolute Gasteiger partial charge is 0.00579 e. The van der Waals surface area contributed by atoms with Gasteiger partial charge in [0.2, 0.25) is 0 Å². The molecule has 0 heterocycles. The first-order valence-corrected chi connectivity index (χ1v) is 6.36. The number of unbranched alkanes of at least 4 members (excludes halogenated alkanes) is 1. The lowest BCUT2D eigenvalue weighted by atomic mass is 10.3. The fourth-order valence-corrected chi connectivity index (χ4v) is 1.67. The highest BCUT2D eigenvalue weighted by atomic mass is 32.2. The Morgan fingerprint density at radius 2 is 1.92 bits per heavy atom. The molecule has 0 aliphatic heterocycles. The molecule has 0 aromatic rings. The first kappa shape index (κ1) is 13.3. The minimum atomic E-state index is 1.17. The van der Waals surface area contributed by atoms with Crippen LogP contribution in [0.1, 0.15) is 19.8 Å². The summed E-state index contributed by atoms with van der Waals surface area (Å²) in [5, 5.41) is 3.45. The second-order valence-corrected chi connectivity index (χ2v) is 4.85. The van der Waals surface area contributed by atoms with Crippen molar-refractivity contribution in [2.75, 3.05) is 45.2 Å².